The summed E-state index contributed by atoms with van der Waals surface area (Å²) in [5.41, 5.74) is 3.57. The van der Waals surface area contributed by atoms with Crippen molar-refractivity contribution in [3.05, 3.63) is 78.1 Å². The van der Waals surface area contributed by atoms with Gasteiger partial charge in [-0.3, -0.25) is 4.90 Å². The average Bonchev–Trinajstić information content (AvgIpc) is 2.97. The van der Waals surface area contributed by atoms with E-state index in [1.165, 1.54) is 5.56 Å². The molecule has 0 saturated heterocycles. The highest BCUT2D eigenvalue weighted by molar-refractivity contribution is 5.85. The summed E-state index contributed by atoms with van der Waals surface area (Å²) in [6.45, 7) is 1.79. The Morgan fingerprint density at radius 1 is 0.870 bits per heavy atom. The van der Waals surface area contributed by atoms with Crippen molar-refractivity contribution in [2.75, 3.05) is 7.05 Å². The molecule has 0 bridgehead atoms. The fraction of sp³-hybridized carbons (Fsp3) is 0.167. The van der Waals surface area contributed by atoms with E-state index >= 15 is 0 Å². The number of benzene rings is 2. The van der Waals surface area contributed by atoms with Crippen molar-refractivity contribution < 1.29 is 0 Å². The number of imidazole rings is 1. The normalized spacial score (nSPS) is 10.0. The zero-order valence-electron chi connectivity index (χ0n) is 13.0. The summed E-state index contributed by atoms with van der Waals surface area (Å²) >= 11 is 0. The van der Waals surface area contributed by atoms with E-state index in [1.807, 2.05) is 30.5 Å². The molecule has 0 amide bonds. The van der Waals surface area contributed by atoms with Gasteiger partial charge in [-0.2, -0.15) is 0 Å². The van der Waals surface area contributed by atoms with Gasteiger partial charge in [-0.1, -0.05) is 60.7 Å². The number of nitrogens with one attached hydrogen (secondary N) is 1. The molecule has 0 unspecified atom stereocenters. The Balaban J connectivity index is 0.00000132. The van der Waals surface area contributed by atoms with Crippen molar-refractivity contribution in [1.29, 1.82) is 0 Å². The molecule has 3 rings (SSSR count). The summed E-state index contributed by atoms with van der Waals surface area (Å²) in [6.07, 6.45) is 1.92. The Morgan fingerprint density at radius 2 is 1.48 bits per heavy atom. The van der Waals surface area contributed by atoms with Crippen molar-refractivity contribution in [1.82, 2.24) is 14.9 Å². The minimum Gasteiger partial charge on any atom is -0.341 e. The third-order valence-electron chi connectivity index (χ3n) is 3.41. The zero-order valence-corrected chi connectivity index (χ0v) is 14.6. The number of aromatic nitrogens is 2. The number of rotatable bonds is 5. The molecule has 0 radical (unpaired) electrons. The Labute approximate surface area is 149 Å². The number of hydrogen-bond acceptors (Lipinski definition) is 2. The molecule has 1 aromatic heterocycles. The molecule has 122 valence electrons. The standard InChI is InChI=1S/C18H19N3.2ClH/c1-21(13-15-8-4-2-5-9-15)14-17-12-19-18(20-17)16-10-6-3-7-11-16;;/h2-12H,13-14H2,1H3,(H,19,20);2*1H. The van der Waals surface area contributed by atoms with Gasteiger partial charge >= 0.3 is 0 Å². The predicted octanol–water partition coefficient (Wildman–Crippen LogP) is 4.55. The molecule has 0 aliphatic heterocycles. The van der Waals surface area contributed by atoms with Gasteiger partial charge in [0.1, 0.15) is 5.82 Å². The van der Waals surface area contributed by atoms with Gasteiger partial charge in [-0.05, 0) is 12.6 Å². The summed E-state index contributed by atoms with van der Waals surface area (Å²) in [5, 5.41) is 0. The highest BCUT2D eigenvalue weighted by Crippen LogP contribution is 2.15. The van der Waals surface area contributed by atoms with Gasteiger partial charge in [0.25, 0.3) is 0 Å². The first-order valence-corrected chi connectivity index (χ1v) is 7.13. The van der Waals surface area contributed by atoms with Gasteiger partial charge in [0, 0.05) is 30.5 Å². The molecule has 0 aliphatic carbocycles. The number of hydrogen-bond donors (Lipinski definition) is 1. The van der Waals surface area contributed by atoms with Crippen LogP contribution in [0.15, 0.2) is 66.9 Å². The van der Waals surface area contributed by atoms with Crippen molar-refractivity contribution in [2.24, 2.45) is 0 Å². The van der Waals surface area contributed by atoms with E-state index in [1.54, 1.807) is 0 Å². The lowest BCUT2D eigenvalue weighted by atomic mass is 10.2. The average molecular weight is 350 g/mol. The largest absolute Gasteiger partial charge is 0.341 e. The number of nitrogens with zero attached hydrogens (tertiary/aromatic N) is 2. The van der Waals surface area contributed by atoms with Crippen molar-refractivity contribution >= 4 is 24.8 Å². The van der Waals surface area contributed by atoms with E-state index in [0.29, 0.717) is 0 Å². The molecule has 1 heterocycles. The molecule has 0 fully saturated rings. The molecule has 0 atom stereocenters. The van der Waals surface area contributed by atoms with Crippen molar-refractivity contribution in [3.8, 4) is 11.4 Å². The van der Waals surface area contributed by atoms with Crippen LogP contribution in [0.5, 0.6) is 0 Å². The van der Waals surface area contributed by atoms with Gasteiger partial charge < -0.3 is 4.98 Å². The Morgan fingerprint density at radius 3 is 2.13 bits per heavy atom. The molecule has 3 nitrogen and oxygen atoms in total. The first kappa shape index (κ1) is 19.2. The van der Waals surface area contributed by atoms with Gasteiger partial charge in [0.2, 0.25) is 0 Å². The van der Waals surface area contributed by atoms with E-state index in [4.69, 9.17) is 0 Å². The smallest absolute Gasteiger partial charge is 0.137 e. The molecule has 0 saturated carbocycles. The summed E-state index contributed by atoms with van der Waals surface area (Å²) in [6, 6.07) is 20.7. The van der Waals surface area contributed by atoms with Crippen LogP contribution in [0, 0.1) is 0 Å². The van der Waals surface area contributed by atoms with Gasteiger partial charge in [0.15, 0.2) is 0 Å². The van der Waals surface area contributed by atoms with Crippen LogP contribution in [0.25, 0.3) is 11.4 Å². The molecule has 1 N–H and O–H groups in total. The van der Waals surface area contributed by atoms with Crippen molar-refractivity contribution in [3.63, 3.8) is 0 Å². The predicted molar refractivity (Wildman–Crippen MR) is 100 cm³/mol. The number of aromatic amines is 1. The van der Waals surface area contributed by atoms with Gasteiger partial charge in [0.05, 0.1) is 0 Å². The van der Waals surface area contributed by atoms with Crippen LogP contribution in [-0.2, 0) is 13.1 Å². The highest BCUT2D eigenvalue weighted by atomic mass is 35.5. The zero-order chi connectivity index (χ0) is 14.5. The first-order valence-electron chi connectivity index (χ1n) is 7.13. The van der Waals surface area contributed by atoms with Crippen molar-refractivity contribution in [2.45, 2.75) is 13.1 Å². The molecule has 3 aromatic rings. The fourth-order valence-electron chi connectivity index (χ4n) is 2.42. The van der Waals surface area contributed by atoms with E-state index in [-0.39, 0.29) is 24.8 Å². The Kier molecular flexibility index (Phi) is 7.83. The van der Waals surface area contributed by atoms with Crippen LogP contribution in [0.3, 0.4) is 0 Å². The van der Waals surface area contributed by atoms with E-state index in [0.717, 1.165) is 30.2 Å². The van der Waals surface area contributed by atoms with Gasteiger partial charge in [-0.25, -0.2) is 4.98 Å². The second-order valence-corrected chi connectivity index (χ2v) is 5.28. The molecular formula is C18H21Cl2N3. The van der Waals surface area contributed by atoms with Crippen LogP contribution in [-0.4, -0.2) is 21.9 Å². The minimum absolute atomic E-state index is 0. The van der Waals surface area contributed by atoms with Crippen LogP contribution < -0.4 is 0 Å². The molecule has 23 heavy (non-hydrogen) atoms. The molecule has 2 aromatic carbocycles. The molecule has 0 spiro atoms. The van der Waals surface area contributed by atoms with E-state index in [2.05, 4.69) is 58.3 Å². The summed E-state index contributed by atoms with van der Waals surface area (Å²) in [7, 11) is 2.12. The van der Waals surface area contributed by atoms with Crippen LogP contribution in [0.4, 0.5) is 0 Å². The number of halogens is 2. The van der Waals surface area contributed by atoms with Crippen LogP contribution >= 0.6 is 24.8 Å². The maximum absolute atomic E-state index is 4.46. The lowest BCUT2D eigenvalue weighted by molar-refractivity contribution is 0.315. The highest BCUT2D eigenvalue weighted by Gasteiger charge is 2.06. The van der Waals surface area contributed by atoms with Crippen LogP contribution in [0.1, 0.15) is 11.3 Å². The summed E-state index contributed by atoms with van der Waals surface area (Å²) in [5.74, 6) is 0.929. The van der Waals surface area contributed by atoms with Crippen LogP contribution in [0.2, 0.25) is 0 Å². The summed E-state index contributed by atoms with van der Waals surface area (Å²) < 4.78 is 0. The van der Waals surface area contributed by atoms with E-state index < -0.39 is 0 Å². The third kappa shape index (κ3) is 5.39. The lowest BCUT2D eigenvalue weighted by Gasteiger charge is -2.15. The minimum atomic E-state index is 0. The Hall–Kier alpha value is -1.81. The Bertz CT molecular complexity index is 684. The third-order valence-corrected chi connectivity index (χ3v) is 3.41. The fourth-order valence-corrected chi connectivity index (χ4v) is 2.42. The second kappa shape index (κ2) is 9.36. The molecule has 5 heteroatoms. The lowest BCUT2D eigenvalue weighted by Crippen LogP contribution is -2.17. The SMILES string of the molecule is CN(Cc1ccccc1)Cc1cnc(-c2ccccc2)[nH]1.Cl.Cl. The molecular weight excluding hydrogens is 329 g/mol. The molecule has 0 aliphatic rings. The second-order valence-electron chi connectivity index (χ2n) is 5.28. The van der Waals surface area contributed by atoms with Gasteiger partial charge in [-0.15, -0.1) is 24.8 Å². The number of H-pyrrole nitrogens is 1. The summed E-state index contributed by atoms with van der Waals surface area (Å²) in [4.78, 5) is 10.1. The maximum Gasteiger partial charge on any atom is 0.137 e. The monoisotopic (exact) mass is 349 g/mol. The van der Waals surface area contributed by atoms with E-state index in [9.17, 15) is 0 Å². The quantitative estimate of drug-likeness (QED) is 0.732. The maximum atomic E-state index is 4.46. The topological polar surface area (TPSA) is 31.9 Å². The first-order chi connectivity index (χ1) is 10.3.